The Hall–Kier alpha value is -3.52. The zero-order valence-electron chi connectivity index (χ0n) is 23.6. The molecule has 14 heteroatoms. The highest BCUT2D eigenvalue weighted by atomic mass is 19.4. The molecule has 11 nitrogen and oxygen atoms in total. The number of benzene rings is 1. The zero-order chi connectivity index (χ0) is 30.5. The van der Waals surface area contributed by atoms with Crippen LogP contribution >= 0.6 is 0 Å². The maximum Gasteiger partial charge on any atom is 0.491 e. The van der Waals surface area contributed by atoms with E-state index in [1.54, 1.807) is 4.90 Å². The third kappa shape index (κ3) is 5.62. The molecule has 1 aromatic rings. The van der Waals surface area contributed by atoms with Crippen LogP contribution in [0.25, 0.3) is 0 Å². The molecule has 5 heterocycles. The fourth-order valence-corrected chi connectivity index (χ4v) is 7.19. The van der Waals surface area contributed by atoms with Gasteiger partial charge in [0.25, 0.3) is 11.8 Å². The molecule has 0 radical (unpaired) electrons. The molecule has 2 atom stereocenters. The molecule has 0 bridgehead atoms. The summed E-state index contributed by atoms with van der Waals surface area (Å²) in [7, 11) is 0. The molecule has 5 aliphatic heterocycles. The first-order chi connectivity index (χ1) is 20.5. The van der Waals surface area contributed by atoms with Crippen molar-refractivity contribution in [3.63, 3.8) is 0 Å². The van der Waals surface area contributed by atoms with Crippen molar-refractivity contribution in [1.82, 2.24) is 20.4 Å². The number of imide groups is 2. The maximum absolute atomic E-state index is 13.6. The Bertz CT molecular complexity index is 1340. The average Bonchev–Trinajstić information content (AvgIpc) is 3.57. The van der Waals surface area contributed by atoms with E-state index in [0.717, 1.165) is 58.4 Å². The number of nitrogens with zero attached hydrogens (tertiary/aromatic N) is 3. The van der Waals surface area contributed by atoms with Gasteiger partial charge in [0.15, 0.2) is 5.75 Å². The molecule has 43 heavy (non-hydrogen) atoms. The van der Waals surface area contributed by atoms with Crippen LogP contribution in [0.15, 0.2) is 12.1 Å². The molecule has 2 N–H and O–H groups in total. The number of ether oxygens (including phenoxy) is 1. The summed E-state index contributed by atoms with van der Waals surface area (Å²) in [6, 6.07) is 1.40. The molecule has 4 fully saturated rings. The minimum absolute atomic E-state index is 0.106. The van der Waals surface area contributed by atoms with Gasteiger partial charge in [0.05, 0.1) is 16.8 Å². The Morgan fingerprint density at radius 2 is 1.67 bits per heavy atom. The van der Waals surface area contributed by atoms with Gasteiger partial charge in [-0.3, -0.25) is 29.4 Å². The van der Waals surface area contributed by atoms with Crippen molar-refractivity contribution < 1.29 is 41.9 Å². The number of esters is 1. The minimum atomic E-state index is -5.34. The molecule has 4 saturated heterocycles. The summed E-state index contributed by atoms with van der Waals surface area (Å²) in [5.41, 5.74) is -0.528. The number of halogens is 3. The lowest BCUT2D eigenvalue weighted by Gasteiger charge is -2.48. The van der Waals surface area contributed by atoms with Crippen LogP contribution in [0.1, 0.15) is 65.7 Å². The van der Waals surface area contributed by atoms with E-state index < -0.39 is 53.1 Å². The van der Waals surface area contributed by atoms with Gasteiger partial charge in [0.1, 0.15) is 6.04 Å². The summed E-state index contributed by atoms with van der Waals surface area (Å²) in [5.74, 6) is -5.83. The van der Waals surface area contributed by atoms with Crippen LogP contribution < -0.4 is 20.3 Å². The number of piperidine rings is 3. The van der Waals surface area contributed by atoms with Gasteiger partial charge in [-0.05, 0) is 88.2 Å². The first kappa shape index (κ1) is 29.5. The number of amides is 4. The van der Waals surface area contributed by atoms with Crippen molar-refractivity contribution in [3.05, 3.63) is 23.3 Å². The number of alkyl halides is 3. The van der Waals surface area contributed by atoms with Crippen molar-refractivity contribution in [2.24, 2.45) is 11.3 Å². The van der Waals surface area contributed by atoms with Crippen LogP contribution in [0, 0.1) is 11.3 Å². The second-order valence-electron chi connectivity index (χ2n) is 12.3. The van der Waals surface area contributed by atoms with Gasteiger partial charge in [-0.1, -0.05) is 0 Å². The molecule has 5 aliphatic rings. The van der Waals surface area contributed by atoms with Crippen molar-refractivity contribution in [2.45, 2.75) is 57.2 Å². The van der Waals surface area contributed by atoms with Crippen molar-refractivity contribution in [1.29, 1.82) is 0 Å². The monoisotopic (exact) mass is 605 g/mol. The largest absolute Gasteiger partial charge is 0.491 e. The number of likely N-dealkylation sites (tertiary alicyclic amines) is 1. The van der Waals surface area contributed by atoms with Crippen molar-refractivity contribution in [2.75, 3.05) is 50.7 Å². The van der Waals surface area contributed by atoms with Crippen LogP contribution in [-0.2, 0) is 14.4 Å². The Morgan fingerprint density at radius 3 is 2.30 bits per heavy atom. The summed E-state index contributed by atoms with van der Waals surface area (Å²) in [4.78, 5) is 67.9. The van der Waals surface area contributed by atoms with E-state index in [0.29, 0.717) is 23.9 Å². The van der Waals surface area contributed by atoms with Gasteiger partial charge < -0.3 is 19.9 Å². The Balaban J connectivity index is 1.22. The normalized spacial score (nSPS) is 26.2. The van der Waals surface area contributed by atoms with E-state index in [1.165, 1.54) is 18.6 Å². The second kappa shape index (κ2) is 11.2. The van der Waals surface area contributed by atoms with Gasteiger partial charge in [-0.25, -0.2) is 4.79 Å². The number of anilines is 1. The van der Waals surface area contributed by atoms with Gasteiger partial charge in [-0.2, -0.15) is 13.2 Å². The standard InChI is InChI=1S/C29H34F3N5O6/c30-29(31,32)27(42)43-23-19(2-1-18-22(23)26(41)37(25(18)40)20-3-4-21(38)34-24(20)39)36-13-8-28(9-14-36)6-11-35(12-7-28)16-17-5-10-33-15-17/h1-2,17,20,33H,3-16H2,(H,34,38,39). The SMILES string of the molecule is O=C1CCC(N2C(=O)c3ccc(N4CCC5(CCN(CC6CCNC6)CC5)CC4)c(OC(=O)C(F)(F)F)c3C2=O)C(=O)N1. The number of fused-ring (bicyclic) bond motifs is 1. The molecule has 4 amide bonds. The van der Waals surface area contributed by atoms with Crippen molar-refractivity contribution >= 4 is 35.3 Å². The van der Waals surface area contributed by atoms with Crippen molar-refractivity contribution in [3.8, 4) is 5.75 Å². The van der Waals surface area contributed by atoms with Crippen LogP contribution in [0.2, 0.25) is 0 Å². The number of nitrogens with one attached hydrogen (secondary N) is 2. The fraction of sp³-hybridized carbons (Fsp3) is 0.621. The molecule has 1 aromatic carbocycles. The predicted octanol–water partition coefficient (Wildman–Crippen LogP) is 1.85. The molecule has 232 valence electrons. The van der Waals surface area contributed by atoms with Gasteiger partial charge in [0.2, 0.25) is 11.8 Å². The molecule has 0 aliphatic carbocycles. The lowest BCUT2D eigenvalue weighted by Crippen LogP contribution is -2.54. The number of hydrogen-bond acceptors (Lipinski definition) is 9. The van der Waals surface area contributed by atoms with E-state index in [2.05, 4.69) is 15.5 Å². The highest BCUT2D eigenvalue weighted by Gasteiger charge is 2.49. The molecule has 2 unspecified atom stereocenters. The Labute approximate surface area is 246 Å². The smallest absolute Gasteiger partial charge is 0.417 e. The lowest BCUT2D eigenvalue weighted by molar-refractivity contribution is -0.189. The molecular formula is C29H34F3N5O6. The summed E-state index contributed by atoms with van der Waals surface area (Å²) in [6.07, 6.45) is -0.777. The van der Waals surface area contributed by atoms with Gasteiger partial charge in [-0.15, -0.1) is 0 Å². The molecule has 0 aromatic heterocycles. The molecular weight excluding hydrogens is 571 g/mol. The second-order valence-corrected chi connectivity index (χ2v) is 12.3. The number of carbonyl (C=O) groups is 5. The number of carbonyl (C=O) groups excluding carboxylic acids is 5. The van der Waals surface area contributed by atoms with E-state index in [4.69, 9.17) is 4.74 Å². The average molecular weight is 606 g/mol. The van der Waals surface area contributed by atoms with Crippen LogP contribution in [-0.4, -0.2) is 97.4 Å². The van der Waals surface area contributed by atoms with E-state index >= 15 is 0 Å². The number of rotatable bonds is 5. The highest BCUT2D eigenvalue weighted by molar-refractivity contribution is 6.25. The topological polar surface area (TPSA) is 128 Å². The third-order valence-corrected chi connectivity index (χ3v) is 9.73. The van der Waals surface area contributed by atoms with Gasteiger partial charge >= 0.3 is 12.1 Å². The predicted molar refractivity (Wildman–Crippen MR) is 145 cm³/mol. The van der Waals surface area contributed by atoms with E-state index in [-0.39, 0.29) is 29.5 Å². The molecule has 6 rings (SSSR count). The lowest BCUT2D eigenvalue weighted by atomic mass is 9.71. The third-order valence-electron chi connectivity index (χ3n) is 9.73. The quantitative estimate of drug-likeness (QED) is 0.294. The molecule has 1 spiro atoms. The molecule has 0 saturated carbocycles. The van der Waals surface area contributed by atoms with Crippen LogP contribution in [0.5, 0.6) is 5.75 Å². The summed E-state index contributed by atoms with van der Waals surface area (Å²) >= 11 is 0. The highest BCUT2D eigenvalue weighted by Crippen LogP contribution is 2.46. The first-order valence-corrected chi connectivity index (χ1v) is 14.8. The summed E-state index contributed by atoms with van der Waals surface area (Å²) in [6.45, 7) is 6.14. The van der Waals surface area contributed by atoms with Crippen LogP contribution in [0.4, 0.5) is 18.9 Å². The van der Waals surface area contributed by atoms with Crippen LogP contribution in [0.3, 0.4) is 0 Å². The van der Waals surface area contributed by atoms with E-state index in [9.17, 15) is 37.1 Å². The summed E-state index contributed by atoms with van der Waals surface area (Å²) in [5, 5.41) is 5.49. The minimum Gasteiger partial charge on any atom is -0.417 e. The maximum atomic E-state index is 13.6. The van der Waals surface area contributed by atoms with E-state index in [1.807, 2.05) is 0 Å². The first-order valence-electron chi connectivity index (χ1n) is 14.8. The fourth-order valence-electron chi connectivity index (χ4n) is 7.19. The number of hydrogen-bond donors (Lipinski definition) is 2. The Kier molecular flexibility index (Phi) is 7.69. The zero-order valence-corrected chi connectivity index (χ0v) is 23.6. The van der Waals surface area contributed by atoms with Gasteiger partial charge in [0, 0.05) is 26.1 Å². The Morgan fingerprint density at radius 1 is 0.977 bits per heavy atom. The summed E-state index contributed by atoms with van der Waals surface area (Å²) < 4.78 is 44.9.